The lowest BCUT2D eigenvalue weighted by molar-refractivity contribution is -0.143. The summed E-state index contributed by atoms with van der Waals surface area (Å²) in [6, 6.07) is -0.654. The molecule has 0 spiro atoms. The van der Waals surface area contributed by atoms with Crippen LogP contribution in [0.4, 0.5) is 0 Å². The molecule has 0 saturated carbocycles. The lowest BCUT2D eigenvalue weighted by Crippen LogP contribution is -2.45. The molecule has 0 fully saturated rings. The quantitative estimate of drug-likeness (QED) is 0.0322. The molecular formula is C55H103NO5. The fourth-order valence-corrected chi connectivity index (χ4v) is 7.96. The van der Waals surface area contributed by atoms with Crippen molar-refractivity contribution < 1.29 is 24.5 Å². The van der Waals surface area contributed by atoms with Gasteiger partial charge in [0.2, 0.25) is 5.91 Å². The Kier molecular flexibility index (Phi) is 49.1. The molecule has 3 N–H and O–H groups in total. The predicted molar refractivity (Wildman–Crippen MR) is 264 cm³/mol. The monoisotopic (exact) mass is 858 g/mol. The summed E-state index contributed by atoms with van der Waals surface area (Å²) in [4.78, 5) is 24.4. The lowest BCUT2D eigenvalue weighted by atomic mass is 10.0. The molecule has 0 aliphatic carbocycles. The zero-order valence-electron chi connectivity index (χ0n) is 40.6. The average molecular weight is 858 g/mol. The highest BCUT2D eigenvalue weighted by molar-refractivity contribution is 5.76. The molecule has 0 heterocycles. The summed E-state index contributed by atoms with van der Waals surface area (Å²) in [6.45, 7) is 4.78. The van der Waals surface area contributed by atoms with Crippen molar-refractivity contribution in [1.29, 1.82) is 0 Å². The molecule has 2 atom stereocenters. The third kappa shape index (κ3) is 47.4. The first-order valence-electron chi connectivity index (χ1n) is 26.8. The van der Waals surface area contributed by atoms with Crippen LogP contribution in [0.5, 0.6) is 0 Å². The average Bonchev–Trinajstić information content (AvgIpc) is 3.26. The number of nitrogens with one attached hydrogen (secondary N) is 1. The normalized spacial score (nSPS) is 12.9. The zero-order valence-corrected chi connectivity index (χ0v) is 40.6. The summed E-state index contributed by atoms with van der Waals surface area (Å²) < 4.78 is 5.41. The van der Waals surface area contributed by atoms with E-state index in [-0.39, 0.29) is 18.5 Å². The second kappa shape index (κ2) is 50.7. The minimum Gasteiger partial charge on any atom is -0.466 e. The standard InChI is InChI=1S/C55H103NO5/c1-3-5-7-9-11-13-15-16-17-18-19-20-21-22-23-24-25-26-28-31-35-39-43-47-53(58)52(51-57)56-54(59)48-44-40-36-32-29-30-34-38-42-46-50-61-55(60)49-45-41-37-33-27-14-12-10-8-6-4-2/h10,12,30,34,43,47,52-53,57-58H,3-9,11,13-29,31-33,35-42,44-46,48-51H2,1-2H3,(H,56,59)/b12-10-,34-30-,47-43+. The molecule has 0 aromatic carbocycles. The van der Waals surface area contributed by atoms with Gasteiger partial charge in [0, 0.05) is 12.8 Å². The van der Waals surface area contributed by atoms with E-state index in [9.17, 15) is 19.8 Å². The third-order valence-corrected chi connectivity index (χ3v) is 12.1. The number of aliphatic hydroxyl groups is 2. The van der Waals surface area contributed by atoms with E-state index in [2.05, 4.69) is 43.5 Å². The van der Waals surface area contributed by atoms with Crippen molar-refractivity contribution in [1.82, 2.24) is 5.32 Å². The fraction of sp³-hybridized carbons (Fsp3) is 0.855. The molecule has 0 aromatic heterocycles. The largest absolute Gasteiger partial charge is 0.466 e. The summed E-state index contributed by atoms with van der Waals surface area (Å²) >= 11 is 0. The SMILES string of the molecule is CCCC/C=C\CCCCCCCC(=O)OCCCC/C=C\CCCCCCC(=O)NC(CO)C(O)/C=C/CCCCCCCCCCCCCCCCCCCCCCC. The maximum atomic E-state index is 12.4. The molecule has 358 valence electrons. The molecule has 0 radical (unpaired) electrons. The number of aliphatic hydroxyl groups excluding tert-OH is 2. The Bertz CT molecular complexity index is 993. The number of esters is 1. The van der Waals surface area contributed by atoms with Gasteiger partial charge in [-0.3, -0.25) is 9.59 Å². The molecule has 61 heavy (non-hydrogen) atoms. The number of unbranched alkanes of at least 4 members (excludes halogenated alkanes) is 34. The van der Waals surface area contributed by atoms with Gasteiger partial charge >= 0.3 is 5.97 Å². The van der Waals surface area contributed by atoms with Crippen LogP contribution in [-0.4, -0.2) is 47.4 Å². The highest BCUT2D eigenvalue weighted by Crippen LogP contribution is 2.16. The van der Waals surface area contributed by atoms with E-state index in [4.69, 9.17) is 4.74 Å². The molecule has 0 aliphatic heterocycles. The topological polar surface area (TPSA) is 95.9 Å². The van der Waals surface area contributed by atoms with Crippen LogP contribution in [-0.2, 0) is 14.3 Å². The van der Waals surface area contributed by atoms with Crippen molar-refractivity contribution in [3.05, 3.63) is 36.5 Å². The minimum atomic E-state index is -0.867. The number of hydrogen-bond donors (Lipinski definition) is 3. The maximum Gasteiger partial charge on any atom is 0.305 e. The van der Waals surface area contributed by atoms with Crippen LogP contribution in [0.3, 0.4) is 0 Å². The molecule has 6 heteroatoms. The van der Waals surface area contributed by atoms with Gasteiger partial charge in [-0.1, -0.05) is 224 Å². The fourth-order valence-electron chi connectivity index (χ4n) is 7.96. The Morgan fingerprint density at radius 2 is 0.787 bits per heavy atom. The van der Waals surface area contributed by atoms with Gasteiger partial charge in [0.15, 0.2) is 0 Å². The van der Waals surface area contributed by atoms with E-state index in [1.165, 1.54) is 173 Å². The van der Waals surface area contributed by atoms with Crippen molar-refractivity contribution in [3.63, 3.8) is 0 Å². The van der Waals surface area contributed by atoms with Crippen molar-refractivity contribution in [2.24, 2.45) is 0 Å². The second-order valence-corrected chi connectivity index (χ2v) is 18.2. The summed E-state index contributed by atoms with van der Waals surface area (Å²) in [7, 11) is 0. The van der Waals surface area contributed by atoms with Crippen LogP contribution in [0, 0.1) is 0 Å². The van der Waals surface area contributed by atoms with E-state index in [0.717, 1.165) is 77.0 Å². The smallest absolute Gasteiger partial charge is 0.305 e. The van der Waals surface area contributed by atoms with Gasteiger partial charge in [0.05, 0.1) is 25.4 Å². The number of carbonyl (C=O) groups excluding carboxylic acids is 2. The Morgan fingerprint density at radius 3 is 1.21 bits per heavy atom. The highest BCUT2D eigenvalue weighted by atomic mass is 16.5. The van der Waals surface area contributed by atoms with Crippen LogP contribution < -0.4 is 5.32 Å². The molecule has 2 unspecified atom stereocenters. The predicted octanol–water partition coefficient (Wildman–Crippen LogP) is 16.1. The highest BCUT2D eigenvalue weighted by Gasteiger charge is 2.18. The zero-order chi connectivity index (χ0) is 44.4. The number of hydrogen-bond acceptors (Lipinski definition) is 5. The van der Waals surface area contributed by atoms with Gasteiger partial charge in [-0.25, -0.2) is 0 Å². The van der Waals surface area contributed by atoms with E-state index >= 15 is 0 Å². The summed E-state index contributed by atoms with van der Waals surface area (Å²) in [6.07, 6.45) is 61.6. The molecular weight excluding hydrogens is 755 g/mol. The number of carbonyl (C=O) groups is 2. The molecule has 0 aromatic rings. The molecule has 1 amide bonds. The number of amides is 1. The van der Waals surface area contributed by atoms with Crippen LogP contribution in [0.2, 0.25) is 0 Å². The number of allylic oxidation sites excluding steroid dienone is 5. The lowest BCUT2D eigenvalue weighted by Gasteiger charge is -2.20. The van der Waals surface area contributed by atoms with Crippen LogP contribution in [0.1, 0.15) is 277 Å². The third-order valence-electron chi connectivity index (χ3n) is 12.1. The Balaban J connectivity index is 3.57. The van der Waals surface area contributed by atoms with Crippen LogP contribution in [0.25, 0.3) is 0 Å². The first kappa shape index (κ1) is 59.1. The summed E-state index contributed by atoms with van der Waals surface area (Å²) in [5, 5.41) is 23.1. The van der Waals surface area contributed by atoms with Gasteiger partial charge in [0.25, 0.3) is 0 Å². The maximum absolute atomic E-state index is 12.4. The Morgan fingerprint density at radius 1 is 0.443 bits per heavy atom. The van der Waals surface area contributed by atoms with Gasteiger partial charge in [-0.15, -0.1) is 0 Å². The van der Waals surface area contributed by atoms with Gasteiger partial charge in [0.1, 0.15) is 0 Å². The Labute approximate surface area is 379 Å². The number of rotatable bonds is 49. The van der Waals surface area contributed by atoms with Gasteiger partial charge in [-0.2, -0.15) is 0 Å². The molecule has 0 rings (SSSR count). The first-order chi connectivity index (χ1) is 30.0. The first-order valence-corrected chi connectivity index (χ1v) is 26.8. The second-order valence-electron chi connectivity index (χ2n) is 18.2. The molecule has 0 bridgehead atoms. The van der Waals surface area contributed by atoms with E-state index < -0.39 is 12.1 Å². The van der Waals surface area contributed by atoms with E-state index in [1.54, 1.807) is 6.08 Å². The molecule has 6 nitrogen and oxygen atoms in total. The molecule has 0 aliphatic rings. The van der Waals surface area contributed by atoms with Crippen LogP contribution >= 0.6 is 0 Å². The van der Waals surface area contributed by atoms with Crippen molar-refractivity contribution in [3.8, 4) is 0 Å². The summed E-state index contributed by atoms with van der Waals surface area (Å²) in [5.41, 5.74) is 0. The number of ether oxygens (including phenoxy) is 1. The molecule has 0 saturated heterocycles. The minimum absolute atomic E-state index is 0.0495. The Hall–Kier alpha value is -1.92. The van der Waals surface area contributed by atoms with Crippen molar-refractivity contribution >= 4 is 11.9 Å². The summed E-state index contributed by atoms with van der Waals surface area (Å²) in [5.74, 6) is -0.153. The van der Waals surface area contributed by atoms with Crippen LogP contribution in [0.15, 0.2) is 36.5 Å². The van der Waals surface area contributed by atoms with Crippen molar-refractivity contribution in [2.75, 3.05) is 13.2 Å². The van der Waals surface area contributed by atoms with E-state index in [0.29, 0.717) is 19.4 Å². The van der Waals surface area contributed by atoms with Gasteiger partial charge in [-0.05, 0) is 77.0 Å². The van der Waals surface area contributed by atoms with Crippen molar-refractivity contribution in [2.45, 2.75) is 289 Å². The van der Waals surface area contributed by atoms with E-state index in [1.807, 2.05) is 6.08 Å². The van der Waals surface area contributed by atoms with Gasteiger partial charge < -0.3 is 20.3 Å².